The molecule has 1 heterocycles. The van der Waals surface area contributed by atoms with Crippen molar-refractivity contribution in [2.75, 3.05) is 11.9 Å². The molecule has 2 unspecified atom stereocenters. The van der Waals surface area contributed by atoms with Crippen molar-refractivity contribution in [3.05, 3.63) is 57.0 Å². The molecule has 1 aromatic carbocycles. The number of fused-ring (bicyclic) bond motifs is 2. The highest BCUT2D eigenvalue weighted by molar-refractivity contribution is 6.32. The molecule has 0 aliphatic heterocycles. The number of halogens is 1. The van der Waals surface area contributed by atoms with Gasteiger partial charge in [-0.25, -0.2) is 4.68 Å². The first-order valence-electron chi connectivity index (χ1n) is 8.16. The van der Waals surface area contributed by atoms with Crippen LogP contribution >= 0.6 is 11.6 Å². The highest BCUT2D eigenvalue weighted by atomic mass is 35.5. The lowest BCUT2D eigenvalue weighted by Crippen LogP contribution is -2.23. The number of aromatic nitrogens is 2. The zero-order valence-electron chi connectivity index (χ0n) is 13.2. The van der Waals surface area contributed by atoms with Crippen molar-refractivity contribution in [3.63, 3.8) is 0 Å². The predicted molar refractivity (Wildman–Crippen MR) is 92.1 cm³/mol. The second-order valence-corrected chi connectivity index (χ2v) is 7.13. The molecule has 120 valence electrons. The summed E-state index contributed by atoms with van der Waals surface area (Å²) in [5.41, 5.74) is 3.76. The van der Waals surface area contributed by atoms with E-state index in [-0.39, 0.29) is 10.6 Å². The summed E-state index contributed by atoms with van der Waals surface area (Å²) in [6.07, 6.45) is 6.57. The molecular weight excluding hydrogens is 310 g/mol. The van der Waals surface area contributed by atoms with Gasteiger partial charge < -0.3 is 5.32 Å². The molecule has 5 heteroatoms. The summed E-state index contributed by atoms with van der Waals surface area (Å²) in [5, 5.41) is 7.60. The lowest BCUT2D eigenvalue weighted by atomic mass is 9.78. The second kappa shape index (κ2) is 5.38. The fourth-order valence-electron chi connectivity index (χ4n) is 4.10. The topological polar surface area (TPSA) is 46.9 Å². The monoisotopic (exact) mass is 329 g/mol. The van der Waals surface area contributed by atoms with Gasteiger partial charge in [0.25, 0.3) is 5.56 Å². The van der Waals surface area contributed by atoms with Gasteiger partial charge in [-0.1, -0.05) is 35.9 Å². The van der Waals surface area contributed by atoms with Gasteiger partial charge in [-0.15, -0.1) is 0 Å². The highest BCUT2D eigenvalue weighted by Gasteiger charge is 2.55. The normalized spacial score (nSPS) is 25.2. The predicted octanol–water partition coefficient (Wildman–Crippen LogP) is 3.14. The molecule has 4 nitrogen and oxygen atoms in total. The quantitative estimate of drug-likeness (QED) is 0.941. The molecule has 4 rings (SSSR count). The molecular formula is C18H20ClN3O. The largest absolute Gasteiger partial charge is 0.382 e. The Balaban J connectivity index is 1.51. The number of rotatable bonds is 3. The van der Waals surface area contributed by atoms with Crippen molar-refractivity contribution in [1.29, 1.82) is 0 Å². The Hall–Kier alpha value is -1.81. The zero-order valence-corrected chi connectivity index (χ0v) is 13.9. The van der Waals surface area contributed by atoms with E-state index in [1.54, 1.807) is 13.2 Å². The summed E-state index contributed by atoms with van der Waals surface area (Å²) >= 11 is 6.12. The van der Waals surface area contributed by atoms with Crippen LogP contribution in [0.5, 0.6) is 0 Å². The Kier molecular flexibility index (Phi) is 3.45. The molecule has 23 heavy (non-hydrogen) atoms. The number of benzene rings is 1. The van der Waals surface area contributed by atoms with Crippen LogP contribution in [0.4, 0.5) is 5.69 Å². The first kappa shape index (κ1) is 14.8. The number of nitrogens with zero attached hydrogens (tertiary/aromatic N) is 2. The van der Waals surface area contributed by atoms with Gasteiger partial charge >= 0.3 is 0 Å². The molecule has 2 aliphatic carbocycles. The van der Waals surface area contributed by atoms with Gasteiger partial charge in [0, 0.05) is 19.0 Å². The van der Waals surface area contributed by atoms with Crippen molar-refractivity contribution >= 4 is 17.3 Å². The summed E-state index contributed by atoms with van der Waals surface area (Å²) in [6, 6.07) is 8.84. The van der Waals surface area contributed by atoms with E-state index in [9.17, 15) is 4.79 Å². The number of nitrogens with one attached hydrogen (secondary N) is 1. The van der Waals surface area contributed by atoms with Crippen molar-refractivity contribution in [1.82, 2.24) is 9.78 Å². The van der Waals surface area contributed by atoms with Crippen LogP contribution in [0, 0.1) is 5.92 Å². The van der Waals surface area contributed by atoms with Gasteiger partial charge in [0.2, 0.25) is 0 Å². The van der Waals surface area contributed by atoms with Crippen LogP contribution < -0.4 is 10.9 Å². The van der Waals surface area contributed by atoms with E-state index in [0.717, 1.165) is 6.54 Å². The molecule has 2 aliphatic rings. The van der Waals surface area contributed by atoms with E-state index in [2.05, 4.69) is 34.7 Å². The average molecular weight is 330 g/mol. The first-order valence-corrected chi connectivity index (χ1v) is 8.54. The summed E-state index contributed by atoms with van der Waals surface area (Å²) < 4.78 is 1.25. The van der Waals surface area contributed by atoms with Crippen LogP contribution in [0.2, 0.25) is 5.02 Å². The SMILES string of the molecule is Cn1ncc(NCC2CC23CCCc2ccccc23)c(Cl)c1=O. The van der Waals surface area contributed by atoms with Gasteiger partial charge in [-0.05, 0) is 42.7 Å². The summed E-state index contributed by atoms with van der Waals surface area (Å²) in [5.74, 6) is 0.601. The molecule has 0 saturated heterocycles. The smallest absolute Gasteiger partial charge is 0.287 e. The van der Waals surface area contributed by atoms with Crippen molar-refractivity contribution in [2.24, 2.45) is 13.0 Å². The molecule has 2 atom stereocenters. The molecule has 1 fully saturated rings. The third-order valence-electron chi connectivity index (χ3n) is 5.47. The molecule has 0 bridgehead atoms. The molecule has 1 saturated carbocycles. The molecule has 0 amide bonds. The molecule has 0 radical (unpaired) electrons. The Morgan fingerprint density at radius 2 is 2.26 bits per heavy atom. The van der Waals surface area contributed by atoms with Gasteiger partial charge in [0.05, 0.1) is 11.9 Å². The maximum Gasteiger partial charge on any atom is 0.287 e. The highest BCUT2D eigenvalue weighted by Crippen LogP contribution is 2.60. The lowest BCUT2D eigenvalue weighted by molar-refractivity contribution is 0.503. The number of anilines is 1. The van der Waals surface area contributed by atoms with E-state index in [1.807, 2.05) is 0 Å². The van der Waals surface area contributed by atoms with Crippen LogP contribution in [0.25, 0.3) is 0 Å². The zero-order chi connectivity index (χ0) is 16.0. The Bertz CT molecular complexity index is 816. The lowest BCUT2D eigenvalue weighted by Gasteiger charge is -2.27. The van der Waals surface area contributed by atoms with Crippen LogP contribution in [-0.4, -0.2) is 16.3 Å². The van der Waals surface area contributed by atoms with E-state index < -0.39 is 0 Å². The Morgan fingerprint density at radius 1 is 1.43 bits per heavy atom. The molecule has 1 spiro atoms. The standard InChI is InChI=1S/C18H20ClN3O/c1-22-17(23)16(19)15(11-21-22)20-10-13-9-18(13)8-4-6-12-5-2-3-7-14(12)18/h2-3,5,7,11,13,20H,4,6,8-10H2,1H3. The van der Waals surface area contributed by atoms with Crippen LogP contribution in [0.3, 0.4) is 0 Å². The minimum Gasteiger partial charge on any atom is -0.382 e. The minimum atomic E-state index is -0.259. The number of hydrogen-bond donors (Lipinski definition) is 1. The van der Waals surface area contributed by atoms with E-state index in [1.165, 1.54) is 41.5 Å². The Morgan fingerprint density at radius 3 is 3.13 bits per heavy atom. The summed E-state index contributed by atoms with van der Waals surface area (Å²) in [4.78, 5) is 11.8. The van der Waals surface area contributed by atoms with Crippen molar-refractivity contribution in [2.45, 2.75) is 31.1 Å². The summed E-state index contributed by atoms with van der Waals surface area (Å²) in [6.45, 7) is 0.836. The van der Waals surface area contributed by atoms with Gasteiger partial charge in [0.15, 0.2) is 0 Å². The summed E-state index contributed by atoms with van der Waals surface area (Å²) in [7, 11) is 1.60. The average Bonchev–Trinajstić information content (AvgIpc) is 3.26. The second-order valence-electron chi connectivity index (χ2n) is 6.75. The molecule has 1 aromatic heterocycles. The van der Waals surface area contributed by atoms with Gasteiger partial charge in [-0.3, -0.25) is 4.79 Å². The molecule has 1 N–H and O–H groups in total. The fraction of sp³-hybridized carbons (Fsp3) is 0.444. The number of hydrogen-bond acceptors (Lipinski definition) is 3. The first-order chi connectivity index (χ1) is 11.1. The number of aryl methyl sites for hydroxylation is 2. The maximum atomic E-state index is 11.8. The Labute approximate surface area is 140 Å². The van der Waals surface area contributed by atoms with Crippen LogP contribution in [0.1, 0.15) is 30.4 Å². The molecule has 2 aromatic rings. The van der Waals surface area contributed by atoms with E-state index in [0.29, 0.717) is 17.0 Å². The van der Waals surface area contributed by atoms with Crippen LogP contribution in [0.15, 0.2) is 35.3 Å². The third-order valence-corrected chi connectivity index (χ3v) is 5.84. The minimum absolute atomic E-state index is 0.223. The van der Waals surface area contributed by atoms with E-state index in [4.69, 9.17) is 11.6 Å². The van der Waals surface area contributed by atoms with Gasteiger partial charge in [-0.2, -0.15) is 5.10 Å². The maximum absolute atomic E-state index is 11.8. The fourth-order valence-corrected chi connectivity index (χ4v) is 4.34. The van der Waals surface area contributed by atoms with Gasteiger partial charge in [0.1, 0.15) is 5.02 Å². The van der Waals surface area contributed by atoms with Crippen molar-refractivity contribution in [3.8, 4) is 0 Å². The van der Waals surface area contributed by atoms with Crippen LogP contribution in [-0.2, 0) is 18.9 Å². The third kappa shape index (κ3) is 2.36. The van der Waals surface area contributed by atoms with Crippen molar-refractivity contribution < 1.29 is 0 Å². The van der Waals surface area contributed by atoms with E-state index >= 15 is 0 Å².